The molecule has 1 fully saturated rings. The maximum atomic E-state index is 12.4. The van der Waals surface area contributed by atoms with Crippen LogP contribution in [0.15, 0.2) is 24.3 Å². The topological polar surface area (TPSA) is 110 Å². The molecule has 1 aromatic rings. The molecule has 0 radical (unpaired) electrons. The standard InChI is InChI=1S/C19H30NO5P.Li/c1-14(16-7-9-17(10-8-16)19(22)23)20-11-18(21)13-26(24,25)12-15-5-3-2-4-6-15;/h7-10,14-15,18,20-21H,2-6,11-13H2,1H3,(H,22,23)(H,24,25);/q;+1/p-1/t14-,18-;/m0./s1. The zero-order valence-corrected chi connectivity index (χ0v) is 17.2. The van der Waals surface area contributed by atoms with Crippen LogP contribution < -0.4 is 29.3 Å². The summed E-state index contributed by atoms with van der Waals surface area (Å²) in [6, 6.07) is 6.22. The van der Waals surface area contributed by atoms with Crippen molar-refractivity contribution < 1.29 is 43.3 Å². The minimum atomic E-state index is -3.33. The Bertz CT molecular complexity index is 633. The first-order chi connectivity index (χ1) is 12.3. The van der Waals surface area contributed by atoms with Crippen LogP contribution >= 0.6 is 7.37 Å². The first-order valence-corrected chi connectivity index (χ1v) is 11.3. The van der Waals surface area contributed by atoms with Crippen LogP contribution in [0.3, 0.4) is 0 Å². The summed E-state index contributed by atoms with van der Waals surface area (Å²) in [5, 5.41) is 24.0. The molecule has 146 valence electrons. The maximum absolute atomic E-state index is 12.4. The molecule has 1 aliphatic carbocycles. The van der Waals surface area contributed by atoms with Crippen LogP contribution in [0.1, 0.15) is 61.0 Å². The molecule has 1 unspecified atom stereocenters. The first kappa shape index (κ1) is 24.4. The summed E-state index contributed by atoms with van der Waals surface area (Å²) in [4.78, 5) is 21.0. The second kappa shape index (κ2) is 11.4. The minimum absolute atomic E-state index is 0. The van der Waals surface area contributed by atoms with Gasteiger partial charge in [0, 0.05) is 18.7 Å². The van der Waals surface area contributed by atoms with Gasteiger partial charge in [0.1, 0.15) is 0 Å². The van der Waals surface area contributed by atoms with Gasteiger partial charge in [0.05, 0.1) is 18.2 Å². The van der Waals surface area contributed by atoms with Gasteiger partial charge in [-0.3, -0.25) is 4.57 Å². The number of aliphatic hydroxyl groups is 1. The van der Waals surface area contributed by atoms with Gasteiger partial charge in [0.2, 0.25) is 7.37 Å². The molecule has 3 atom stereocenters. The van der Waals surface area contributed by atoms with Crippen LogP contribution in [0, 0.1) is 5.92 Å². The molecular formula is C19H29LiNO5P. The molecule has 0 aliphatic heterocycles. The van der Waals surface area contributed by atoms with E-state index in [2.05, 4.69) is 5.32 Å². The second-order valence-corrected chi connectivity index (χ2v) is 9.83. The van der Waals surface area contributed by atoms with Crippen molar-refractivity contribution in [3.05, 3.63) is 35.4 Å². The average molecular weight is 389 g/mol. The van der Waals surface area contributed by atoms with E-state index in [0.29, 0.717) is 12.1 Å². The summed E-state index contributed by atoms with van der Waals surface area (Å²) in [5.74, 6) is -0.912. The molecule has 6 nitrogen and oxygen atoms in total. The molecule has 8 heteroatoms. The van der Waals surface area contributed by atoms with Crippen LogP contribution in [-0.4, -0.2) is 40.9 Å². The molecule has 0 heterocycles. The van der Waals surface area contributed by atoms with Gasteiger partial charge >= 0.3 is 18.9 Å². The van der Waals surface area contributed by atoms with E-state index in [1.165, 1.54) is 18.6 Å². The number of carbonyl (C=O) groups excluding carboxylic acids is 1. The fraction of sp³-hybridized carbons (Fsp3) is 0.632. The molecule has 27 heavy (non-hydrogen) atoms. The van der Waals surface area contributed by atoms with Crippen molar-refractivity contribution in [1.82, 2.24) is 5.32 Å². The van der Waals surface area contributed by atoms with Crippen LogP contribution in [0.5, 0.6) is 0 Å². The number of hydrogen-bond donors (Lipinski definition) is 3. The van der Waals surface area contributed by atoms with Gasteiger partial charge in [0.15, 0.2) is 0 Å². The van der Waals surface area contributed by atoms with Gasteiger partial charge in [-0.05, 0) is 36.8 Å². The van der Waals surface area contributed by atoms with E-state index in [1.807, 2.05) is 6.92 Å². The van der Waals surface area contributed by atoms with Crippen LogP contribution in [0.4, 0.5) is 0 Å². The Kier molecular flexibility index (Phi) is 10.3. The monoisotopic (exact) mass is 389 g/mol. The zero-order valence-electron chi connectivity index (χ0n) is 16.3. The fourth-order valence-electron chi connectivity index (χ4n) is 3.58. The third-order valence-electron chi connectivity index (χ3n) is 5.07. The Morgan fingerprint density at radius 1 is 1.26 bits per heavy atom. The minimum Gasteiger partial charge on any atom is -0.545 e. The van der Waals surface area contributed by atoms with Gasteiger partial charge in [0.25, 0.3) is 0 Å². The van der Waals surface area contributed by atoms with Crippen LogP contribution in [-0.2, 0) is 4.57 Å². The van der Waals surface area contributed by atoms with Crippen molar-refractivity contribution in [3.63, 3.8) is 0 Å². The third-order valence-corrected chi connectivity index (χ3v) is 7.15. The number of aliphatic hydroxyl groups excluding tert-OH is 1. The predicted octanol–water partition coefficient (Wildman–Crippen LogP) is -1.08. The number of rotatable bonds is 9. The Morgan fingerprint density at radius 3 is 2.41 bits per heavy atom. The van der Waals surface area contributed by atoms with Crippen LogP contribution in [0.25, 0.3) is 0 Å². The zero-order chi connectivity index (χ0) is 19.2. The summed E-state index contributed by atoms with van der Waals surface area (Å²) < 4.78 is 12.4. The number of benzene rings is 1. The molecule has 3 N–H and O–H groups in total. The Morgan fingerprint density at radius 2 is 1.85 bits per heavy atom. The molecule has 1 saturated carbocycles. The quantitative estimate of drug-likeness (QED) is 0.366. The number of aromatic carboxylic acids is 1. The largest absolute Gasteiger partial charge is 1.00 e. The number of carboxylic acid groups (broad SMARTS) is 1. The first-order valence-electron chi connectivity index (χ1n) is 9.30. The van der Waals surface area contributed by atoms with E-state index in [4.69, 9.17) is 0 Å². The average Bonchev–Trinajstić information content (AvgIpc) is 2.59. The summed E-state index contributed by atoms with van der Waals surface area (Å²) in [7, 11) is -3.33. The van der Waals surface area contributed by atoms with E-state index in [9.17, 15) is 24.5 Å². The maximum Gasteiger partial charge on any atom is 1.00 e. The molecular weight excluding hydrogens is 360 g/mol. The van der Waals surface area contributed by atoms with E-state index < -0.39 is 19.4 Å². The van der Waals surface area contributed by atoms with Crippen molar-refractivity contribution in [2.45, 2.75) is 51.2 Å². The summed E-state index contributed by atoms with van der Waals surface area (Å²) in [6.07, 6.45) is 4.82. The molecule has 0 saturated heterocycles. The fourth-order valence-corrected chi connectivity index (χ4v) is 5.69. The van der Waals surface area contributed by atoms with E-state index in [1.54, 1.807) is 12.1 Å². The number of hydrogen-bond acceptors (Lipinski definition) is 5. The molecule has 1 aliphatic rings. The number of carboxylic acids is 1. The van der Waals surface area contributed by atoms with Crippen molar-refractivity contribution in [2.75, 3.05) is 18.9 Å². The van der Waals surface area contributed by atoms with Crippen molar-refractivity contribution in [3.8, 4) is 0 Å². The third kappa shape index (κ3) is 8.52. The van der Waals surface area contributed by atoms with Crippen molar-refractivity contribution in [2.24, 2.45) is 5.92 Å². The summed E-state index contributed by atoms with van der Waals surface area (Å²) >= 11 is 0. The smallest absolute Gasteiger partial charge is 0.545 e. The molecule has 0 amide bonds. The Labute approximate surface area is 173 Å². The van der Waals surface area contributed by atoms with Gasteiger partial charge in [-0.2, -0.15) is 0 Å². The molecule has 0 spiro atoms. The van der Waals surface area contributed by atoms with Gasteiger partial charge in [-0.1, -0.05) is 43.5 Å². The Balaban J connectivity index is 0.00000364. The van der Waals surface area contributed by atoms with E-state index in [0.717, 1.165) is 31.2 Å². The van der Waals surface area contributed by atoms with Crippen molar-refractivity contribution in [1.29, 1.82) is 0 Å². The Hall–Kier alpha value is -0.603. The van der Waals surface area contributed by atoms with Gasteiger partial charge in [-0.25, -0.2) is 0 Å². The number of carbonyl (C=O) groups is 1. The normalized spacial score (nSPS) is 19.5. The van der Waals surface area contributed by atoms with Crippen LogP contribution in [0.2, 0.25) is 0 Å². The van der Waals surface area contributed by atoms with E-state index >= 15 is 0 Å². The predicted molar refractivity (Wildman–Crippen MR) is 99.3 cm³/mol. The molecule has 0 bridgehead atoms. The van der Waals surface area contributed by atoms with Gasteiger partial charge < -0.3 is 25.2 Å². The molecule has 2 rings (SSSR count). The van der Waals surface area contributed by atoms with Crippen molar-refractivity contribution >= 4 is 13.3 Å². The molecule has 1 aromatic carbocycles. The van der Waals surface area contributed by atoms with Gasteiger partial charge in [-0.15, -0.1) is 0 Å². The number of nitrogens with one attached hydrogen (secondary N) is 1. The summed E-state index contributed by atoms with van der Waals surface area (Å²) in [5.41, 5.74) is 0.988. The SMILES string of the molecule is C[C@H](NC[C@H](O)CP(=O)(O)CC1CCCCC1)c1ccc(C(=O)[O-])cc1.[Li+]. The van der Waals surface area contributed by atoms with E-state index in [-0.39, 0.29) is 43.2 Å². The summed E-state index contributed by atoms with van der Waals surface area (Å²) in [6.45, 7) is 2.10. The second-order valence-electron chi connectivity index (χ2n) is 7.41. The molecule has 0 aromatic heterocycles.